The highest BCUT2D eigenvalue weighted by molar-refractivity contribution is 8.18. The molecule has 7 heteroatoms. The molecule has 0 aromatic heterocycles. The Hall–Kier alpha value is -3.29. The summed E-state index contributed by atoms with van der Waals surface area (Å²) in [4.78, 5) is 19.3. The Kier molecular flexibility index (Phi) is 6.32. The van der Waals surface area contributed by atoms with Crippen LogP contribution in [0.1, 0.15) is 11.1 Å². The Morgan fingerprint density at radius 3 is 2.73 bits per heavy atom. The fourth-order valence-corrected chi connectivity index (χ4v) is 4.87. The molecule has 168 valence electrons. The molecule has 3 aromatic rings. The van der Waals surface area contributed by atoms with E-state index in [0.717, 1.165) is 29.4 Å². The third kappa shape index (κ3) is 4.74. The number of thioether (sulfide) groups is 1. The SMILES string of the molecule is COc1cc(C=C2SC(N3CCOCC3)=NC2=O)ccc1OCc1cccc2ccccc12. The molecule has 2 aliphatic rings. The van der Waals surface area contributed by atoms with Crippen molar-refractivity contribution < 1.29 is 19.0 Å². The first-order valence-corrected chi connectivity index (χ1v) is 11.7. The smallest absolute Gasteiger partial charge is 0.286 e. The maximum atomic E-state index is 12.4. The number of hydrogen-bond donors (Lipinski definition) is 0. The van der Waals surface area contributed by atoms with Crippen LogP contribution >= 0.6 is 11.8 Å². The number of carbonyl (C=O) groups excluding carboxylic acids is 1. The Labute approximate surface area is 196 Å². The number of aliphatic imine (C=N–C) groups is 1. The largest absolute Gasteiger partial charge is 0.493 e. The number of morpholine rings is 1. The summed E-state index contributed by atoms with van der Waals surface area (Å²) in [6.45, 7) is 3.25. The van der Waals surface area contributed by atoms with Gasteiger partial charge < -0.3 is 19.1 Å². The molecule has 1 fully saturated rings. The van der Waals surface area contributed by atoms with E-state index >= 15 is 0 Å². The van der Waals surface area contributed by atoms with Crippen molar-refractivity contribution in [2.75, 3.05) is 33.4 Å². The first kappa shape index (κ1) is 21.6. The van der Waals surface area contributed by atoms with Crippen LogP contribution in [0.25, 0.3) is 16.8 Å². The second kappa shape index (κ2) is 9.68. The van der Waals surface area contributed by atoms with Crippen LogP contribution in [0.5, 0.6) is 11.5 Å². The quantitative estimate of drug-likeness (QED) is 0.513. The highest BCUT2D eigenvalue weighted by atomic mass is 32.2. The highest BCUT2D eigenvalue weighted by Gasteiger charge is 2.27. The molecule has 0 bridgehead atoms. The van der Waals surface area contributed by atoms with Gasteiger partial charge in [-0.05, 0) is 51.9 Å². The lowest BCUT2D eigenvalue weighted by Gasteiger charge is -2.27. The van der Waals surface area contributed by atoms with E-state index in [1.54, 1.807) is 7.11 Å². The zero-order valence-corrected chi connectivity index (χ0v) is 19.1. The Bertz CT molecular complexity index is 1240. The minimum atomic E-state index is -0.211. The number of rotatable bonds is 5. The fraction of sp³-hybridized carbons (Fsp3) is 0.231. The fourth-order valence-electron chi connectivity index (χ4n) is 3.91. The summed E-state index contributed by atoms with van der Waals surface area (Å²) in [6.07, 6.45) is 1.85. The van der Waals surface area contributed by atoms with Gasteiger partial charge in [0.2, 0.25) is 0 Å². The van der Waals surface area contributed by atoms with Gasteiger partial charge in [0.05, 0.1) is 25.2 Å². The molecule has 1 saturated heterocycles. The van der Waals surface area contributed by atoms with Crippen molar-refractivity contribution in [2.45, 2.75) is 6.61 Å². The number of methoxy groups -OCH3 is 1. The number of fused-ring (bicyclic) bond motifs is 1. The van der Waals surface area contributed by atoms with Gasteiger partial charge in [0.15, 0.2) is 16.7 Å². The predicted octanol–water partition coefficient (Wildman–Crippen LogP) is 4.73. The molecule has 3 aromatic carbocycles. The molecule has 0 unspecified atom stereocenters. The van der Waals surface area contributed by atoms with Gasteiger partial charge >= 0.3 is 0 Å². The van der Waals surface area contributed by atoms with Crippen molar-refractivity contribution in [3.63, 3.8) is 0 Å². The minimum absolute atomic E-state index is 0.211. The van der Waals surface area contributed by atoms with Gasteiger partial charge in [-0.25, -0.2) is 0 Å². The van der Waals surface area contributed by atoms with Crippen molar-refractivity contribution in [1.82, 2.24) is 4.90 Å². The lowest BCUT2D eigenvalue weighted by atomic mass is 10.1. The third-order valence-electron chi connectivity index (χ3n) is 5.64. The monoisotopic (exact) mass is 460 g/mol. The molecular weight excluding hydrogens is 436 g/mol. The summed E-state index contributed by atoms with van der Waals surface area (Å²) in [6, 6.07) is 20.2. The number of benzene rings is 3. The van der Waals surface area contributed by atoms with E-state index in [-0.39, 0.29) is 5.91 Å². The number of amides is 1. The summed E-state index contributed by atoms with van der Waals surface area (Å²) in [5.74, 6) is 1.06. The van der Waals surface area contributed by atoms with E-state index < -0.39 is 0 Å². The van der Waals surface area contributed by atoms with Crippen molar-refractivity contribution in [3.05, 3.63) is 76.7 Å². The molecule has 0 atom stereocenters. The van der Waals surface area contributed by atoms with Gasteiger partial charge in [0.25, 0.3) is 5.91 Å². The summed E-state index contributed by atoms with van der Waals surface area (Å²) >= 11 is 1.41. The Morgan fingerprint density at radius 2 is 1.88 bits per heavy atom. The molecule has 33 heavy (non-hydrogen) atoms. The zero-order chi connectivity index (χ0) is 22.6. The minimum Gasteiger partial charge on any atom is -0.493 e. The van der Waals surface area contributed by atoms with Gasteiger partial charge in [-0.3, -0.25) is 4.79 Å². The number of amidine groups is 1. The first-order chi connectivity index (χ1) is 16.2. The van der Waals surface area contributed by atoms with Gasteiger partial charge in [-0.15, -0.1) is 0 Å². The molecular formula is C26H24N2O4S. The molecule has 0 saturated carbocycles. The van der Waals surface area contributed by atoms with Crippen LogP contribution in [0.2, 0.25) is 0 Å². The van der Waals surface area contributed by atoms with Crippen LogP contribution in [0, 0.1) is 0 Å². The van der Waals surface area contributed by atoms with Crippen LogP contribution < -0.4 is 9.47 Å². The van der Waals surface area contributed by atoms with Crippen LogP contribution in [0.4, 0.5) is 0 Å². The third-order valence-corrected chi connectivity index (χ3v) is 6.68. The Morgan fingerprint density at radius 1 is 1.06 bits per heavy atom. The predicted molar refractivity (Wildman–Crippen MR) is 132 cm³/mol. The second-order valence-electron chi connectivity index (χ2n) is 7.75. The van der Waals surface area contributed by atoms with Crippen LogP contribution in [0.3, 0.4) is 0 Å². The summed E-state index contributed by atoms with van der Waals surface area (Å²) in [5, 5.41) is 3.11. The molecule has 2 heterocycles. The zero-order valence-electron chi connectivity index (χ0n) is 18.3. The molecule has 0 spiro atoms. The van der Waals surface area contributed by atoms with E-state index in [9.17, 15) is 4.79 Å². The average Bonchev–Trinajstić information content (AvgIpc) is 3.23. The normalized spacial score (nSPS) is 17.5. The van der Waals surface area contributed by atoms with E-state index in [0.29, 0.717) is 36.2 Å². The van der Waals surface area contributed by atoms with Crippen molar-refractivity contribution in [1.29, 1.82) is 0 Å². The summed E-state index contributed by atoms with van der Waals surface area (Å²) in [5.41, 5.74) is 1.97. The molecule has 0 N–H and O–H groups in total. The van der Waals surface area contributed by atoms with E-state index in [1.807, 2.05) is 42.5 Å². The van der Waals surface area contributed by atoms with Gasteiger partial charge in [-0.2, -0.15) is 4.99 Å². The molecule has 1 amide bonds. The Balaban J connectivity index is 1.31. The van der Waals surface area contributed by atoms with Crippen molar-refractivity contribution >= 4 is 39.7 Å². The standard InChI is InChI=1S/C26H24N2O4S/c1-30-23-15-18(16-24-25(29)27-26(33-24)28-11-13-31-14-12-28)9-10-22(23)32-17-20-7-4-6-19-5-2-3-8-21(19)20/h2-10,15-16H,11-14,17H2,1H3. The summed E-state index contributed by atoms with van der Waals surface area (Å²) < 4.78 is 17.1. The maximum absolute atomic E-state index is 12.4. The highest BCUT2D eigenvalue weighted by Crippen LogP contribution is 2.34. The van der Waals surface area contributed by atoms with Crippen LogP contribution in [-0.2, 0) is 16.1 Å². The molecule has 2 aliphatic heterocycles. The molecule has 5 rings (SSSR count). The topological polar surface area (TPSA) is 60.4 Å². The number of hydrogen-bond acceptors (Lipinski definition) is 6. The van der Waals surface area contributed by atoms with E-state index in [2.05, 4.69) is 34.2 Å². The van der Waals surface area contributed by atoms with Crippen molar-refractivity contribution in [2.24, 2.45) is 4.99 Å². The lowest BCUT2D eigenvalue weighted by molar-refractivity contribution is -0.113. The number of nitrogens with zero attached hydrogens (tertiary/aromatic N) is 2. The number of ether oxygens (including phenoxy) is 3. The van der Waals surface area contributed by atoms with E-state index in [1.165, 1.54) is 22.5 Å². The van der Waals surface area contributed by atoms with Crippen molar-refractivity contribution in [3.8, 4) is 11.5 Å². The first-order valence-electron chi connectivity index (χ1n) is 10.8. The molecule has 6 nitrogen and oxygen atoms in total. The van der Waals surface area contributed by atoms with Crippen LogP contribution in [-0.4, -0.2) is 49.4 Å². The number of carbonyl (C=O) groups is 1. The van der Waals surface area contributed by atoms with Gasteiger partial charge in [0, 0.05) is 13.1 Å². The van der Waals surface area contributed by atoms with E-state index in [4.69, 9.17) is 14.2 Å². The van der Waals surface area contributed by atoms with Gasteiger partial charge in [-0.1, -0.05) is 48.5 Å². The average molecular weight is 461 g/mol. The van der Waals surface area contributed by atoms with Gasteiger partial charge in [0.1, 0.15) is 6.61 Å². The second-order valence-corrected chi connectivity index (χ2v) is 8.76. The molecule has 0 aliphatic carbocycles. The molecule has 0 radical (unpaired) electrons. The maximum Gasteiger partial charge on any atom is 0.286 e. The summed E-state index contributed by atoms with van der Waals surface area (Å²) in [7, 11) is 1.62. The van der Waals surface area contributed by atoms with Crippen LogP contribution in [0.15, 0.2) is 70.6 Å². The lowest BCUT2D eigenvalue weighted by Crippen LogP contribution is -2.38.